The average molecular weight is 504 g/mol. The van der Waals surface area contributed by atoms with Crippen LogP contribution in [0.15, 0.2) is 4.99 Å². The van der Waals surface area contributed by atoms with E-state index in [0.717, 1.165) is 30.6 Å². The van der Waals surface area contributed by atoms with Gasteiger partial charge in [0.2, 0.25) is 5.91 Å². The number of thiophene rings is 1. The Labute approximate surface area is 208 Å². The van der Waals surface area contributed by atoms with Crippen LogP contribution in [0.2, 0.25) is 0 Å². The minimum Gasteiger partial charge on any atom is -0.477 e. The van der Waals surface area contributed by atoms with Crippen LogP contribution in [0.5, 0.6) is 0 Å². The van der Waals surface area contributed by atoms with Gasteiger partial charge < -0.3 is 15.7 Å². The van der Waals surface area contributed by atoms with Crippen molar-refractivity contribution in [3.63, 3.8) is 0 Å². The highest BCUT2D eigenvalue weighted by Gasteiger charge is 2.42. The molecule has 10 nitrogen and oxygen atoms in total. The summed E-state index contributed by atoms with van der Waals surface area (Å²) in [7, 11) is 0. The standard InChI is InChI=1S/C24H33N5O5S/c1-13-14(2)20(35-19(13)21(26)27-12-18(30)31)24(34)29(16-8-5-4-6-9-16)23(33)17-10-7-11-28(17)22(32)15(3)25/h12,15-17,26H,4-11,25H2,1-3H3,(H,30,31)/t15-,17-/m0/s1. The monoisotopic (exact) mass is 503 g/mol. The highest BCUT2D eigenvalue weighted by atomic mass is 32.1. The van der Waals surface area contributed by atoms with Gasteiger partial charge in [-0.05, 0) is 57.6 Å². The number of likely N-dealkylation sites (tertiary alicyclic amines) is 1. The van der Waals surface area contributed by atoms with Crippen molar-refractivity contribution in [2.24, 2.45) is 10.7 Å². The quantitative estimate of drug-likeness (QED) is 0.307. The molecule has 4 N–H and O–H groups in total. The number of aliphatic imine (C=N–C) groups is 1. The summed E-state index contributed by atoms with van der Waals surface area (Å²) in [6, 6.07) is -1.71. The van der Waals surface area contributed by atoms with Crippen LogP contribution in [0.1, 0.15) is 77.5 Å². The second kappa shape index (κ2) is 11.2. The summed E-state index contributed by atoms with van der Waals surface area (Å²) < 4.78 is 0. The van der Waals surface area contributed by atoms with E-state index >= 15 is 0 Å². The summed E-state index contributed by atoms with van der Waals surface area (Å²) >= 11 is 1.04. The molecule has 1 saturated heterocycles. The zero-order chi connectivity index (χ0) is 25.9. The van der Waals surface area contributed by atoms with E-state index in [1.54, 1.807) is 20.8 Å². The molecular formula is C24H33N5O5S. The molecule has 190 valence electrons. The lowest BCUT2D eigenvalue weighted by atomic mass is 9.93. The summed E-state index contributed by atoms with van der Waals surface area (Å²) in [5, 5.41) is 17.0. The van der Waals surface area contributed by atoms with Crippen molar-refractivity contribution in [3.05, 3.63) is 20.9 Å². The number of hydrogen-bond acceptors (Lipinski definition) is 7. The Bertz CT molecular complexity index is 1060. The first-order valence-electron chi connectivity index (χ1n) is 11.9. The third-order valence-electron chi connectivity index (χ3n) is 6.77. The predicted molar refractivity (Wildman–Crippen MR) is 133 cm³/mol. The zero-order valence-electron chi connectivity index (χ0n) is 20.4. The Balaban J connectivity index is 1.98. The molecule has 0 unspecified atom stereocenters. The van der Waals surface area contributed by atoms with Crippen LogP contribution < -0.4 is 5.73 Å². The van der Waals surface area contributed by atoms with Crippen molar-refractivity contribution in [3.8, 4) is 0 Å². The van der Waals surface area contributed by atoms with E-state index in [1.165, 1.54) is 9.80 Å². The maximum absolute atomic E-state index is 13.9. The Hall–Kier alpha value is -2.92. The van der Waals surface area contributed by atoms with E-state index in [9.17, 15) is 19.2 Å². The van der Waals surface area contributed by atoms with Gasteiger partial charge in [-0.1, -0.05) is 19.3 Å². The minimum absolute atomic E-state index is 0.253. The summed E-state index contributed by atoms with van der Waals surface area (Å²) in [6.45, 7) is 5.52. The number of nitrogens with one attached hydrogen (secondary N) is 1. The molecule has 0 spiro atoms. The number of carbonyl (C=O) groups excluding carboxylic acids is 3. The van der Waals surface area contributed by atoms with Gasteiger partial charge in [0.1, 0.15) is 12.3 Å². The number of aliphatic carboxylic acids is 1. The van der Waals surface area contributed by atoms with Crippen molar-refractivity contribution in [1.82, 2.24) is 9.80 Å². The molecule has 2 heterocycles. The first-order valence-corrected chi connectivity index (χ1v) is 12.8. The molecule has 3 amide bonds. The van der Waals surface area contributed by atoms with Gasteiger partial charge in [0, 0.05) is 12.6 Å². The molecule has 11 heteroatoms. The van der Waals surface area contributed by atoms with Gasteiger partial charge in [-0.2, -0.15) is 0 Å². The fraction of sp³-hybridized carbons (Fsp3) is 0.583. The molecule has 1 aromatic rings. The molecular weight excluding hydrogens is 470 g/mol. The van der Waals surface area contributed by atoms with Crippen LogP contribution >= 0.6 is 11.3 Å². The summed E-state index contributed by atoms with van der Waals surface area (Å²) in [5.74, 6) is -2.63. The Kier molecular flexibility index (Phi) is 8.55. The van der Waals surface area contributed by atoms with Crippen LogP contribution in [-0.4, -0.2) is 75.3 Å². The number of carboxylic acids is 1. The third kappa shape index (κ3) is 5.67. The van der Waals surface area contributed by atoms with Crippen LogP contribution in [0.3, 0.4) is 0 Å². The van der Waals surface area contributed by atoms with Gasteiger partial charge in [-0.3, -0.25) is 24.7 Å². The second-order valence-electron chi connectivity index (χ2n) is 9.24. The summed E-state index contributed by atoms with van der Waals surface area (Å²) in [4.78, 5) is 58.5. The van der Waals surface area contributed by atoms with Crippen LogP contribution in [0.25, 0.3) is 0 Å². The molecule has 1 aliphatic heterocycles. The van der Waals surface area contributed by atoms with E-state index in [2.05, 4.69) is 4.99 Å². The van der Waals surface area contributed by atoms with E-state index in [1.807, 2.05) is 0 Å². The van der Waals surface area contributed by atoms with Gasteiger partial charge in [-0.15, -0.1) is 11.3 Å². The topological polar surface area (TPSA) is 157 Å². The molecule has 2 fully saturated rings. The SMILES string of the molecule is Cc1c(C(=N)N=CC(=O)O)sc(C(=O)N(C(=O)[C@@H]2CCCN2C(=O)[C@H](C)N)C2CCCCC2)c1C. The fourth-order valence-corrected chi connectivity index (χ4v) is 5.96. The van der Waals surface area contributed by atoms with E-state index in [0.29, 0.717) is 59.3 Å². The van der Waals surface area contributed by atoms with Crippen molar-refractivity contribution in [2.45, 2.75) is 83.8 Å². The average Bonchev–Trinajstić information content (AvgIpc) is 3.43. The zero-order valence-corrected chi connectivity index (χ0v) is 21.2. The molecule has 0 bridgehead atoms. The first-order chi connectivity index (χ1) is 16.5. The van der Waals surface area contributed by atoms with Crippen LogP contribution in [-0.2, 0) is 14.4 Å². The van der Waals surface area contributed by atoms with Crippen molar-refractivity contribution in [1.29, 1.82) is 5.41 Å². The Morgan fingerprint density at radius 1 is 1.11 bits per heavy atom. The van der Waals surface area contributed by atoms with Gasteiger partial charge >= 0.3 is 5.97 Å². The van der Waals surface area contributed by atoms with Gasteiger partial charge in [0.25, 0.3) is 11.8 Å². The third-order valence-corrected chi connectivity index (χ3v) is 8.16. The van der Waals surface area contributed by atoms with Crippen molar-refractivity contribution >= 4 is 47.1 Å². The maximum Gasteiger partial charge on any atom is 0.347 e. The van der Waals surface area contributed by atoms with Gasteiger partial charge in [0.05, 0.1) is 15.8 Å². The van der Waals surface area contributed by atoms with Crippen LogP contribution in [0.4, 0.5) is 0 Å². The van der Waals surface area contributed by atoms with Gasteiger partial charge in [-0.25, -0.2) is 9.79 Å². The molecule has 1 aliphatic carbocycles. The molecule has 0 radical (unpaired) electrons. The van der Waals surface area contributed by atoms with E-state index < -0.39 is 24.0 Å². The van der Waals surface area contributed by atoms with E-state index in [-0.39, 0.29) is 23.7 Å². The summed E-state index contributed by atoms with van der Waals surface area (Å²) in [6.07, 6.45) is 6.08. The van der Waals surface area contributed by atoms with Crippen molar-refractivity contribution < 1.29 is 24.3 Å². The molecule has 2 atom stereocenters. The molecule has 1 saturated carbocycles. The Morgan fingerprint density at radius 2 is 1.74 bits per heavy atom. The number of hydrogen-bond donors (Lipinski definition) is 3. The summed E-state index contributed by atoms with van der Waals surface area (Å²) in [5.41, 5.74) is 7.09. The highest BCUT2D eigenvalue weighted by molar-refractivity contribution is 7.16. The normalized spacial score (nSPS) is 19.7. The Morgan fingerprint density at radius 3 is 2.34 bits per heavy atom. The molecule has 35 heavy (non-hydrogen) atoms. The number of amides is 3. The number of imide groups is 1. The molecule has 2 aliphatic rings. The lowest BCUT2D eigenvalue weighted by Crippen LogP contribution is -2.55. The minimum atomic E-state index is -1.27. The maximum atomic E-state index is 13.9. The lowest BCUT2D eigenvalue weighted by Gasteiger charge is -2.36. The fourth-order valence-electron chi connectivity index (χ4n) is 4.81. The number of carboxylic acid groups (broad SMARTS) is 1. The largest absolute Gasteiger partial charge is 0.477 e. The van der Waals surface area contributed by atoms with Crippen LogP contribution in [0, 0.1) is 19.3 Å². The highest BCUT2D eigenvalue weighted by Crippen LogP contribution is 2.33. The number of nitrogens with zero attached hydrogens (tertiary/aromatic N) is 3. The smallest absolute Gasteiger partial charge is 0.347 e. The lowest BCUT2D eigenvalue weighted by molar-refractivity contribution is -0.144. The van der Waals surface area contributed by atoms with Crippen molar-refractivity contribution in [2.75, 3.05) is 6.54 Å². The second-order valence-corrected chi connectivity index (χ2v) is 10.3. The predicted octanol–water partition coefficient (Wildman–Crippen LogP) is 2.49. The molecule has 0 aromatic carbocycles. The number of amidine groups is 1. The number of nitrogens with two attached hydrogens (primary N) is 1. The van der Waals surface area contributed by atoms with E-state index in [4.69, 9.17) is 16.2 Å². The number of rotatable bonds is 6. The van der Waals surface area contributed by atoms with Gasteiger partial charge in [0.15, 0.2) is 5.84 Å². The molecule has 3 rings (SSSR count). The first kappa shape index (κ1) is 26.7. The number of carbonyl (C=O) groups is 4. The molecule has 1 aromatic heterocycles.